The molecule has 200 valence electrons. The number of Topliss-reactive ketones (excluding diaryl/α,β-unsaturated/α-hetero) is 2. The van der Waals surface area contributed by atoms with Gasteiger partial charge in [0, 0.05) is 33.7 Å². The van der Waals surface area contributed by atoms with E-state index in [0.29, 0.717) is 22.5 Å². The molecule has 1 fully saturated rings. The van der Waals surface area contributed by atoms with E-state index in [9.17, 15) is 29.7 Å². The molecular formula is C27H24N4O7S. The molecule has 0 saturated heterocycles. The van der Waals surface area contributed by atoms with Crippen LogP contribution >= 0.6 is 11.8 Å². The minimum Gasteiger partial charge on any atom is -0.508 e. The number of aliphatic hydroxyl groups is 3. The molecule has 0 bridgehead atoms. The first-order chi connectivity index (χ1) is 18.6. The normalized spacial score (nSPS) is 28.4. The molecule has 1 amide bonds. The van der Waals surface area contributed by atoms with Gasteiger partial charge in [-0.05, 0) is 36.1 Å². The number of nitrogens with two attached hydrogens (primary N) is 3. The second-order valence-electron chi connectivity index (χ2n) is 9.97. The first-order valence-corrected chi connectivity index (χ1v) is 13.1. The average molecular weight is 549 g/mol. The quantitative estimate of drug-likeness (QED) is 0.157. The second kappa shape index (κ2) is 8.70. The van der Waals surface area contributed by atoms with Crippen LogP contribution in [0.2, 0.25) is 0 Å². The fraction of sp³-hybridized carbons (Fsp3) is 0.259. The molecule has 11 nitrogen and oxygen atoms in total. The number of hydrogen-bond donors (Lipinski definition) is 6. The Labute approximate surface area is 225 Å². The van der Waals surface area contributed by atoms with Gasteiger partial charge in [0.05, 0.1) is 11.6 Å². The molecule has 3 aliphatic carbocycles. The molecule has 0 unspecified atom stereocenters. The molecule has 1 aromatic heterocycles. The zero-order valence-electron chi connectivity index (χ0n) is 20.3. The Kier molecular flexibility index (Phi) is 5.61. The van der Waals surface area contributed by atoms with Crippen molar-refractivity contribution in [2.45, 2.75) is 28.9 Å². The monoisotopic (exact) mass is 548 g/mol. The molecule has 5 atom stereocenters. The van der Waals surface area contributed by atoms with Crippen molar-refractivity contribution in [3.63, 3.8) is 0 Å². The van der Waals surface area contributed by atoms with E-state index in [4.69, 9.17) is 21.6 Å². The van der Waals surface area contributed by atoms with Gasteiger partial charge in [0.1, 0.15) is 22.6 Å². The van der Waals surface area contributed by atoms with E-state index < -0.39 is 64.0 Å². The summed E-state index contributed by atoms with van der Waals surface area (Å²) in [5.74, 6) is -7.13. The predicted octanol–water partition coefficient (Wildman–Crippen LogP) is 1.71. The molecule has 1 heterocycles. The highest BCUT2D eigenvalue weighted by Crippen LogP contribution is 2.57. The summed E-state index contributed by atoms with van der Waals surface area (Å²) in [5.41, 5.74) is 15.7. The summed E-state index contributed by atoms with van der Waals surface area (Å²) < 4.78 is 5.57. The molecule has 3 aromatic rings. The molecule has 6 rings (SSSR count). The Morgan fingerprint density at radius 1 is 1.21 bits per heavy atom. The van der Waals surface area contributed by atoms with Gasteiger partial charge in [0.15, 0.2) is 23.4 Å². The maximum atomic E-state index is 14.1. The Balaban J connectivity index is 1.58. The molecule has 0 aliphatic heterocycles. The number of ketones is 2. The van der Waals surface area contributed by atoms with Gasteiger partial charge in [-0.2, -0.15) is 0 Å². The summed E-state index contributed by atoms with van der Waals surface area (Å²) in [4.78, 5) is 44.0. The number of aromatic nitrogens is 1. The Bertz CT molecular complexity index is 1650. The van der Waals surface area contributed by atoms with Crippen LogP contribution in [-0.2, 0) is 14.4 Å². The maximum absolute atomic E-state index is 14.1. The van der Waals surface area contributed by atoms with Crippen LogP contribution in [0.1, 0.15) is 23.5 Å². The van der Waals surface area contributed by atoms with Gasteiger partial charge >= 0.3 is 0 Å². The van der Waals surface area contributed by atoms with Crippen LogP contribution in [0, 0.1) is 11.8 Å². The lowest BCUT2D eigenvalue weighted by molar-refractivity contribution is -0.149. The number of hydrogen-bond acceptors (Lipinski definition) is 11. The van der Waals surface area contributed by atoms with Crippen molar-refractivity contribution < 1.29 is 34.1 Å². The molecule has 1 saturated carbocycles. The molecule has 39 heavy (non-hydrogen) atoms. The van der Waals surface area contributed by atoms with E-state index in [2.05, 4.69) is 4.98 Å². The van der Waals surface area contributed by atoms with Crippen molar-refractivity contribution in [1.82, 2.24) is 4.98 Å². The number of nitrogens with zero attached hydrogens (tertiary/aromatic N) is 1. The van der Waals surface area contributed by atoms with Crippen LogP contribution in [-0.4, -0.2) is 55.2 Å². The van der Waals surface area contributed by atoms with Crippen molar-refractivity contribution in [2.24, 2.45) is 23.3 Å². The molecule has 3 aliphatic rings. The molecular weight excluding hydrogens is 524 g/mol. The number of carbonyl (C=O) groups is 3. The Morgan fingerprint density at radius 3 is 2.62 bits per heavy atom. The number of primary amides is 1. The van der Waals surface area contributed by atoms with E-state index >= 15 is 0 Å². The minimum atomic E-state index is -2.74. The average Bonchev–Trinajstić information content (AvgIpc) is 3.37. The van der Waals surface area contributed by atoms with Crippen molar-refractivity contribution in [3.8, 4) is 0 Å². The molecule has 2 aromatic carbocycles. The van der Waals surface area contributed by atoms with Crippen molar-refractivity contribution >= 4 is 51.8 Å². The SMILES string of the molecule is NC(=O)C1=C(O)[C@@]2(O)C(=O)C3=C(O)c4c(c(N)cc5ncoc45)[C@H](CSc4ccccc4)[C@H]3C[C@H]2[C@H](N)C1=O. The predicted molar refractivity (Wildman–Crippen MR) is 141 cm³/mol. The van der Waals surface area contributed by atoms with Crippen LogP contribution in [0.4, 0.5) is 5.69 Å². The summed E-state index contributed by atoms with van der Waals surface area (Å²) in [6.07, 6.45) is 1.12. The number of benzene rings is 2. The third kappa shape index (κ3) is 3.38. The largest absolute Gasteiger partial charge is 0.508 e. The van der Waals surface area contributed by atoms with Crippen LogP contribution in [0.15, 0.2) is 69.0 Å². The third-order valence-electron chi connectivity index (χ3n) is 8.05. The van der Waals surface area contributed by atoms with E-state index in [0.717, 1.165) is 4.90 Å². The lowest BCUT2D eigenvalue weighted by Crippen LogP contribution is -2.65. The first-order valence-electron chi connectivity index (χ1n) is 12.1. The summed E-state index contributed by atoms with van der Waals surface area (Å²) in [7, 11) is 0. The highest BCUT2D eigenvalue weighted by atomic mass is 32.2. The zero-order valence-corrected chi connectivity index (χ0v) is 21.1. The lowest BCUT2D eigenvalue weighted by atomic mass is 9.56. The lowest BCUT2D eigenvalue weighted by Gasteiger charge is -2.50. The Hall–Kier alpha value is -4.13. The number of rotatable bonds is 4. The van der Waals surface area contributed by atoms with Crippen molar-refractivity contribution in [3.05, 3.63) is 70.8 Å². The van der Waals surface area contributed by atoms with Crippen LogP contribution < -0.4 is 17.2 Å². The molecule has 0 radical (unpaired) electrons. The first kappa shape index (κ1) is 25.2. The van der Waals surface area contributed by atoms with Crippen LogP contribution in [0.5, 0.6) is 0 Å². The van der Waals surface area contributed by atoms with Gasteiger partial charge in [-0.25, -0.2) is 4.98 Å². The number of carbonyl (C=O) groups excluding carboxylic acids is 3. The maximum Gasteiger partial charge on any atom is 0.255 e. The summed E-state index contributed by atoms with van der Waals surface area (Å²) in [5, 5.41) is 34.1. The topological polar surface area (TPSA) is 216 Å². The fourth-order valence-electron chi connectivity index (χ4n) is 6.25. The van der Waals surface area contributed by atoms with Gasteiger partial charge in [0.2, 0.25) is 5.78 Å². The van der Waals surface area contributed by atoms with E-state index in [1.54, 1.807) is 6.07 Å². The van der Waals surface area contributed by atoms with Gasteiger partial charge in [0.25, 0.3) is 5.91 Å². The zero-order chi connectivity index (χ0) is 27.8. The number of oxazole rings is 1. The van der Waals surface area contributed by atoms with Gasteiger partial charge in [-0.1, -0.05) is 18.2 Å². The van der Waals surface area contributed by atoms with Crippen molar-refractivity contribution in [2.75, 3.05) is 11.5 Å². The number of anilines is 1. The fourth-order valence-corrected chi connectivity index (χ4v) is 7.37. The van der Waals surface area contributed by atoms with E-state index in [1.165, 1.54) is 18.2 Å². The number of thioether (sulfide) groups is 1. The minimum absolute atomic E-state index is 0.0714. The smallest absolute Gasteiger partial charge is 0.255 e. The number of fused-ring (bicyclic) bond motifs is 5. The molecule has 9 N–H and O–H groups in total. The van der Waals surface area contributed by atoms with E-state index in [-0.39, 0.29) is 23.1 Å². The van der Waals surface area contributed by atoms with Crippen LogP contribution in [0.25, 0.3) is 16.9 Å². The second-order valence-corrected chi connectivity index (χ2v) is 11.1. The number of aliphatic hydroxyl groups excluding tert-OH is 2. The van der Waals surface area contributed by atoms with E-state index in [1.807, 2.05) is 30.3 Å². The van der Waals surface area contributed by atoms with Gasteiger partial charge in [-0.15, -0.1) is 11.8 Å². The third-order valence-corrected chi connectivity index (χ3v) is 9.18. The summed E-state index contributed by atoms with van der Waals surface area (Å²) in [6.45, 7) is 0. The standard InChI is InChI=1S/C27H24N4O7S/c28-14-7-15-23(38-9-31-15)18-16(14)12(8-39-10-4-2-1-3-5-10)11-6-13-20(29)22(33)19(26(30)36)25(35)27(13,37)24(34)17(11)21(18)32/h1-5,7,9,11-13,20,32,35,37H,6,8,28-29H2,(H2,30,36)/t11-,12-,13+,20+,27+/m1/s1. The summed E-state index contributed by atoms with van der Waals surface area (Å²) >= 11 is 1.50. The van der Waals surface area contributed by atoms with Gasteiger partial charge < -0.3 is 36.9 Å². The van der Waals surface area contributed by atoms with Crippen LogP contribution in [0.3, 0.4) is 0 Å². The molecule has 12 heteroatoms. The summed E-state index contributed by atoms with van der Waals surface area (Å²) in [6, 6.07) is 9.66. The van der Waals surface area contributed by atoms with Gasteiger partial charge in [-0.3, -0.25) is 14.4 Å². The highest BCUT2D eigenvalue weighted by molar-refractivity contribution is 7.99. The number of nitrogen functional groups attached to an aromatic ring is 1. The highest BCUT2D eigenvalue weighted by Gasteiger charge is 2.64. The van der Waals surface area contributed by atoms with Crippen molar-refractivity contribution in [1.29, 1.82) is 0 Å². The Morgan fingerprint density at radius 2 is 1.92 bits per heavy atom. The number of amides is 1. The molecule has 0 spiro atoms.